The van der Waals surface area contributed by atoms with E-state index in [9.17, 15) is 4.57 Å². The molecule has 3 nitrogen and oxygen atoms in total. The Bertz CT molecular complexity index is 630. The molecule has 1 aliphatic heterocycles. The average Bonchev–Trinajstić information content (AvgIpc) is 2.82. The third kappa shape index (κ3) is 3.27. The fourth-order valence-electron chi connectivity index (χ4n) is 4.11. The maximum Gasteiger partial charge on any atom is 0.358 e. The minimum atomic E-state index is -3.19. The van der Waals surface area contributed by atoms with Gasteiger partial charge in [0.1, 0.15) is 5.60 Å². The highest BCUT2D eigenvalue weighted by Gasteiger charge is 2.53. The van der Waals surface area contributed by atoms with E-state index in [1.807, 2.05) is 13.0 Å². The average molecular weight is 348 g/mol. The molecule has 0 aromatic heterocycles. The van der Waals surface area contributed by atoms with Crippen molar-refractivity contribution >= 4 is 13.2 Å². The van der Waals surface area contributed by atoms with Gasteiger partial charge in [0, 0.05) is 10.9 Å². The molecule has 1 fully saturated rings. The summed E-state index contributed by atoms with van der Waals surface area (Å²) in [5, 5.41) is 0.944. The molecule has 0 saturated heterocycles. The molecule has 1 aliphatic carbocycles. The fraction of sp³-hybridized carbons (Fsp3) is 0.600. The van der Waals surface area contributed by atoms with Crippen molar-refractivity contribution in [1.82, 2.24) is 0 Å². The van der Waals surface area contributed by atoms with Crippen molar-refractivity contribution in [1.29, 1.82) is 0 Å². The molecule has 2 aliphatic rings. The summed E-state index contributed by atoms with van der Waals surface area (Å²) in [5.41, 5.74) is 1.92. The standard InChI is InChI=1S/C20H29O3P/c1-3-5-14-18-19(17-12-8-6-9-13-17)20(15-10-7-11-16-20)23-24(18,21)22-4-2/h6,8-9,12-13H,3-5,7,10-11,14-16H2,1-2H3. The molecule has 1 spiro atoms. The van der Waals surface area contributed by atoms with E-state index in [-0.39, 0.29) is 0 Å². The lowest BCUT2D eigenvalue weighted by molar-refractivity contribution is 0.0757. The molecular weight excluding hydrogens is 319 g/mol. The lowest BCUT2D eigenvalue weighted by atomic mass is 9.76. The Morgan fingerprint density at radius 3 is 2.46 bits per heavy atom. The molecule has 0 amide bonds. The Kier molecular flexibility index (Phi) is 5.64. The van der Waals surface area contributed by atoms with Crippen LogP contribution in [0.25, 0.3) is 5.57 Å². The van der Waals surface area contributed by atoms with Gasteiger partial charge in [-0.2, -0.15) is 0 Å². The van der Waals surface area contributed by atoms with Gasteiger partial charge in [0.05, 0.1) is 6.61 Å². The van der Waals surface area contributed by atoms with Crippen LogP contribution < -0.4 is 0 Å². The molecular formula is C20H29O3P. The Hall–Kier alpha value is -0.890. The van der Waals surface area contributed by atoms with Crippen LogP contribution in [0.1, 0.15) is 70.8 Å². The van der Waals surface area contributed by atoms with Gasteiger partial charge in [-0.25, -0.2) is 0 Å². The van der Waals surface area contributed by atoms with Crippen molar-refractivity contribution in [2.24, 2.45) is 0 Å². The molecule has 1 aromatic rings. The van der Waals surface area contributed by atoms with E-state index in [2.05, 4.69) is 31.2 Å². The second kappa shape index (κ2) is 7.56. The van der Waals surface area contributed by atoms with E-state index in [1.165, 1.54) is 12.0 Å². The Morgan fingerprint density at radius 2 is 1.83 bits per heavy atom. The Morgan fingerprint density at radius 1 is 1.12 bits per heavy atom. The molecule has 24 heavy (non-hydrogen) atoms. The van der Waals surface area contributed by atoms with Crippen LogP contribution in [0.3, 0.4) is 0 Å². The molecule has 0 N–H and O–H groups in total. The number of hydrogen-bond acceptors (Lipinski definition) is 3. The second-order valence-electron chi connectivity index (χ2n) is 6.85. The van der Waals surface area contributed by atoms with Crippen molar-refractivity contribution in [2.75, 3.05) is 6.61 Å². The molecule has 1 saturated carbocycles. The van der Waals surface area contributed by atoms with Crippen LogP contribution >= 0.6 is 7.60 Å². The second-order valence-corrected chi connectivity index (χ2v) is 8.83. The smallest absolute Gasteiger partial charge is 0.306 e. The molecule has 0 bridgehead atoms. The quantitative estimate of drug-likeness (QED) is 0.547. The molecule has 1 aromatic carbocycles. The van der Waals surface area contributed by atoms with Crippen LogP contribution in [-0.2, 0) is 13.6 Å². The summed E-state index contributed by atoms with van der Waals surface area (Å²) in [4.78, 5) is 0. The van der Waals surface area contributed by atoms with Crippen molar-refractivity contribution < 1.29 is 13.6 Å². The SMILES string of the molecule is CCCCC1=C(c2ccccc2)C2(CCCCC2)OP1(=O)OCC. The molecule has 0 radical (unpaired) electrons. The minimum Gasteiger partial charge on any atom is -0.306 e. The third-order valence-corrected chi connectivity index (χ3v) is 7.46. The molecule has 1 unspecified atom stereocenters. The molecule has 4 heteroatoms. The molecule has 3 rings (SSSR count). The van der Waals surface area contributed by atoms with Crippen molar-refractivity contribution in [3.63, 3.8) is 0 Å². The van der Waals surface area contributed by atoms with Gasteiger partial charge in [-0.1, -0.05) is 62.9 Å². The van der Waals surface area contributed by atoms with E-state index in [1.54, 1.807) is 0 Å². The number of benzene rings is 1. The summed E-state index contributed by atoms with van der Waals surface area (Å²) >= 11 is 0. The minimum absolute atomic E-state index is 0.409. The lowest BCUT2D eigenvalue weighted by Crippen LogP contribution is -2.32. The summed E-state index contributed by atoms with van der Waals surface area (Å²) in [7, 11) is -3.19. The van der Waals surface area contributed by atoms with Crippen LogP contribution in [0.4, 0.5) is 0 Å². The maximum atomic E-state index is 13.6. The first-order valence-electron chi connectivity index (χ1n) is 9.40. The zero-order valence-corrected chi connectivity index (χ0v) is 15.8. The first kappa shape index (κ1) is 17.9. The summed E-state index contributed by atoms with van der Waals surface area (Å²) in [6, 6.07) is 10.4. The molecule has 1 atom stereocenters. The Balaban J connectivity index is 2.14. The first-order valence-corrected chi connectivity index (χ1v) is 10.9. The maximum absolute atomic E-state index is 13.6. The van der Waals surface area contributed by atoms with Crippen molar-refractivity contribution in [2.45, 2.75) is 70.8 Å². The highest BCUT2D eigenvalue weighted by atomic mass is 31.2. The van der Waals surface area contributed by atoms with Gasteiger partial charge in [-0.3, -0.25) is 9.09 Å². The summed E-state index contributed by atoms with van der Waals surface area (Å²) in [6.07, 6.45) is 8.28. The van der Waals surface area contributed by atoms with Crippen LogP contribution in [-0.4, -0.2) is 12.2 Å². The van der Waals surface area contributed by atoms with Gasteiger partial charge < -0.3 is 4.52 Å². The van der Waals surface area contributed by atoms with Crippen LogP contribution in [0, 0.1) is 0 Å². The van der Waals surface area contributed by atoms with Gasteiger partial charge in [-0.05, 0) is 38.2 Å². The molecule has 1 heterocycles. The van der Waals surface area contributed by atoms with Gasteiger partial charge >= 0.3 is 7.60 Å². The van der Waals surface area contributed by atoms with Gasteiger partial charge in [0.2, 0.25) is 0 Å². The zero-order valence-electron chi connectivity index (χ0n) is 14.9. The van der Waals surface area contributed by atoms with Crippen molar-refractivity contribution in [3.05, 3.63) is 41.2 Å². The molecule has 132 valence electrons. The number of rotatable bonds is 6. The summed E-state index contributed by atoms with van der Waals surface area (Å²) in [6.45, 7) is 4.49. The zero-order chi connectivity index (χ0) is 17.0. The first-order chi connectivity index (χ1) is 11.7. The van der Waals surface area contributed by atoms with Crippen LogP contribution in [0.15, 0.2) is 35.6 Å². The monoisotopic (exact) mass is 348 g/mol. The van der Waals surface area contributed by atoms with E-state index in [0.29, 0.717) is 6.61 Å². The van der Waals surface area contributed by atoms with Gasteiger partial charge in [0.15, 0.2) is 0 Å². The van der Waals surface area contributed by atoms with Crippen molar-refractivity contribution in [3.8, 4) is 0 Å². The normalized spacial score (nSPS) is 26.2. The number of allylic oxidation sites excluding steroid dienone is 1. The predicted octanol–water partition coefficient (Wildman–Crippen LogP) is 6.55. The van der Waals surface area contributed by atoms with Crippen LogP contribution in [0.2, 0.25) is 0 Å². The lowest BCUT2D eigenvalue weighted by Gasteiger charge is -2.35. The van der Waals surface area contributed by atoms with Crippen LogP contribution in [0.5, 0.6) is 0 Å². The van der Waals surface area contributed by atoms with Gasteiger partial charge in [-0.15, -0.1) is 0 Å². The summed E-state index contributed by atoms with van der Waals surface area (Å²) in [5.74, 6) is 0. The third-order valence-electron chi connectivity index (χ3n) is 5.16. The predicted molar refractivity (Wildman–Crippen MR) is 99.0 cm³/mol. The highest BCUT2D eigenvalue weighted by Crippen LogP contribution is 2.71. The summed E-state index contributed by atoms with van der Waals surface area (Å²) < 4.78 is 25.7. The largest absolute Gasteiger partial charge is 0.358 e. The van der Waals surface area contributed by atoms with Gasteiger partial charge in [0.25, 0.3) is 0 Å². The highest BCUT2D eigenvalue weighted by molar-refractivity contribution is 7.59. The van der Waals surface area contributed by atoms with E-state index >= 15 is 0 Å². The topological polar surface area (TPSA) is 35.5 Å². The van der Waals surface area contributed by atoms with E-state index in [0.717, 1.165) is 55.8 Å². The fourth-order valence-corrected chi connectivity index (χ4v) is 6.54. The van der Waals surface area contributed by atoms with E-state index < -0.39 is 13.2 Å². The number of hydrogen-bond donors (Lipinski definition) is 0. The Labute approximate surface area is 146 Å². The number of unbranched alkanes of at least 4 members (excludes halogenated alkanes) is 1. The van der Waals surface area contributed by atoms with E-state index in [4.69, 9.17) is 9.05 Å².